The smallest absolute Gasteiger partial charge is 0.333 e. The third-order valence-corrected chi connectivity index (χ3v) is 7.36. The molecule has 1 fully saturated rings. The molecule has 1 N–H and O–H groups in total. The second-order valence-electron chi connectivity index (χ2n) is 10.1. The Morgan fingerprint density at radius 2 is 1.62 bits per heavy atom. The van der Waals surface area contributed by atoms with Crippen molar-refractivity contribution in [2.75, 3.05) is 13.2 Å². The van der Waals surface area contributed by atoms with Crippen LogP contribution in [0.5, 0.6) is 0 Å². The Morgan fingerprint density at radius 3 is 2.30 bits per heavy atom. The van der Waals surface area contributed by atoms with E-state index in [1.807, 2.05) is 30.3 Å². The second kappa shape index (κ2) is 12.8. The van der Waals surface area contributed by atoms with Gasteiger partial charge in [0.1, 0.15) is 5.82 Å². The molecule has 3 aromatic carbocycles. The molecular formula is C33H37FO3. The van der Waals surface area contributed by atoms with E-state index in [-0.39, 0.29) is 19.0 Å². The number of carbonyl (C=O) groups excluding carboxylic acids is 1. The standard InChI is InChI=1S/C33H37FO3/c1-23(2)33(36)37-20-18-29-21-30(15-14-25(29)9-6-19-35)31-17-16-28(22-32(31)34)27-12-10-26(11-13-27)24-7-4-3-5-8-24/h10-17,21-22,24,35H,1,3-9,18-20H2,2H3. The van der Waals surface area contributed by atoms with E-state index in [4.69, 9.17) is 4.74 Å². The average Bonchev–Trinajstić information content (AvgIpc) is 2.92. The van der Waals surface area contributed by atoms with Gasteiger partial charge in [-0.2, -0.15) is 0 Å². The van der Waals surface area contributed by atoms with Crippen molar-refractivity contribution < 1.29 is 19.0 Å². The minimum Gasteiger partial charge on any atom is -0.462 e. The van der Waals surface area contributed by atoms with Gasteiger partial charge in [0.2, 0.25) is 0 Å². The van der Waals surface area contributed by atoms with Crippen LogP contribution in [0.1, 0.15) is 68.1 Å². The highest BCUT2D eigenvalue weighted by atomic mass is 19.1. The maximum Gasteiger partial charge on any atom is 0.333 e. The lowest BCUT2D eigenvalue weighted by atomic mass is 9.83. The monoisotopic (exact) mass is 500 g/mol. The van der Waals surface area contributed by atoms with Crippen LogP contribution in [0.2, 0.25) is 0 Å². The molecule has 1 aliphatic carbocycles. The van der Waals surface area contributed by atoms with Gasteiger partial charge in [0, 0.05) is 24.2 Å². The largest absolute Gasteiger partial charge is 0.462 e. The fourth-order valence-corrected chi connectivity index (χ4v) is 5.23. The Kier molecular flexibility index (Phi) is 9.29. The lowest BCUT2D eigenvalue weighted by Gasteiger charge is -2.22. The number of rotatable bonds is 10. The summed E-state index contributed by atoms with van der Waals surface area (Å²) in [5.74, 6) is -0.0288. The molecular weight excluding hydrogens is 463 g/mol. The number of aliphatic hydroxyl groups excluding tert-OH is 1. The lowest BCUT2D eigenvalue weighted by molar-refractivity contribution is -0.138. The van der Waals surface area contributed by atoms with Crippen molar-refractivity contribution in [1.29, 1.82) is 0 Å². The van der Waals surface area contributed by atoms with Crippen LogP contribution in [-0.2, 0) is 22.4 Å². The number of carbonyl (C=O) groups is 1. The fraction of sp³-hybridized carbons (Fsp3) is 0.364. The van der Waals surface area contributed by atoms with Gasteiger partial charge >= 0.3 is 5.97 Å². The zero-order chi connectivity index (χ0) is 26.2. The summed E-state index contributed by atoms with van der Waals surface area (Å²) in [6.45, 7) is 5.55. The normalized spacial score (nSPS) is 13.9. The van der Waals surface area contributed by atoms with E-state index >= 15 is 4.39 Å². The highest BCUT2D eigenvalue weighted by Crippen LogP contribution is 2.34. The van der Waals surface area contributed by atoms with E-state index in [0.29, 0.717) is 36.3 Å². The molecule has 0 aliphatic heterocycles. The van der Waals surface area contributed by atoms with Crippen LogP contribution in [-0.4, -0.2) is 24.3 Å². The summed E-state index contributed by atoms with van der Waals surface area (Å²) in [7, 11) is 0. The first-order valence-electron chi connectivity index (χ1n) is 13.4. The van der Waals surface area contributed by atoms with Crippen molar-refractivity contribution in [1.82, 2.24) is 0 Å². The molecule has 4 heteroatoms. The molecule has 1 saturated carbocycles. The van der Waals surface area contributed by atoms with E-state index in [1.165, 1.54) is 37.7 Å². The Labute approximate surface area is 220 Å². The summed E-state index contributed by atoms with van der Waals surface area (Å²) in [4.78, 5) is 11.8. The SMILES string of the molecule is C=C(C)C(=O)OCCc1cc(-c2ccc(-c3ccc(C4CCCCC4)cc3)cc2F)ccc1CCCO. The van der Waals surface area contributed by atoms with Crippen molar-refractivity contribution in [3.05, 3.63) is 95.3 Å². The molecule has 194 valence electrons. The van der Waals surface area contributed by atoms with E-state index in [2.05, 4.69) is 30.8 Å². The molecule has 1 aliphatic rings. The molecule has 0 unspecified atom stereocenters. The van der Waals surface area contributed by atoms with Gasteiger partial charge in [-0.05, 0) is 78.0 Å². The molecule has 3 nitrogen and oxygen atoms in total. The Balaban J connectivity index is 1.53. The number of benzene rings is 3. The minimum atomic E-state index is -0.415. The van der Waals surface area contributed by atoms with Gasteiger partial charge in [-0.25, -0.2) is 9.18 Å². The zero-order valence-corrected chi connectivity index (χ0v) is 21.8. The molecule has 0 spiro atoms. The van der Waals surface area contributed by atoms with E-state index < -0.39 is 5.97 Å². The average molecular weight is 501 g/mol. The zero-order valence-electron chi connectivity index (χ0n) is 21.8. The van der Waals surface area contributed by atoms with Crippen LogP contribution in [0.15, 0.2) is 72.8 Å². The van der Waals surface area contributed by atoms with Gasteiger partial charge < -0.3 is 9.84 Å². The predicted molar refractivity (Wildman–Crippen MR) is 148 cm³/mol. The summed E-state index contributed by atoms with van der Waals surface area (Å²) in [6, 6.07) is 19.9. The first kappa shape index (κ1) is 26.8. The van der Waals surface area contributed by atoms with Crippen LogP contribution < -0.4 is 0 Å². The quantitative estimate of drug-likeness (QED) is 0.228. The Hall–Kier alpha value is -3.24. The summed E-state index contributed by atoms with van der Waals surface area (Å²) < 4.78 is 20.6. The van der Waals surface area contributed by atoms with Crippen molar-refractivity contribution >= 4 is 5.97 Å². The molecule has 0 bridgehead atoms. The van der Waals surface area contributed by atoms with Gasteiger partial charge in [-0.15, -0.1) is 0 Å². The van der Waals surface area contributed by atoms with E-state index in [9.17, 15) is 9.90 Å². The first-order chi connectivity index (χ1) is 18.0. The van der Waals surface area contributed by atoms with Crippen LogP contribution >= 0.6 is 0 Å². The molecule has 0 heterocycles. The summed E-state index contributed by atoms with van der Waals surface area (Å²) in [6.07, 6.45) is 8.35. The summed E-state index contributed by atoms with van der Waals surface area (Å²) >= 11 is 0. The van der Waals surface area contributed by atoms with E-state index in [0.717, 1.165) is 27.8 Å². The van der Waals surface area contributed by atoms with Crippen LogP contribution in [0.25, 0.3) is 22.3 Å². The molecule has 4 rings (SSSR count). The highest BCUT2D eigenvalue weighted by molar-refractivity contribution is 5.86. The fourth-order valence-electron chi connectivity index (χ4n) is 5.23. The number of aryl methyl sites for hydroxylation is 1. The maximum atomic E-state index is 15.4. The summed E-state index contributed by atoms with van der Waals surface area (Å²) in [5.41, 5.74) is 7.01. The number of ether oxygens (including phenoxy) is 1. The third kappa shape index (κ3) is 6.95. The van der Waals surface area contributed by atoms with Crippen molar-refractivity contribution in [3.63, 3.8) is 0 Å². The number of esters is 1. The van der Waals surface area contributed by atoms with Gasteiger partial charge in [-0.1, -0.05) is 80.4 Å². The number of aliphatic hydroxyl groups is 1. The molecule has 0 saturated heterocycles. The second-order valence-corrected chi connectivity index (χ2v) is 10.1. The maximum absolute atomic E-state index is 15.4. The summed E-state index contributed by atoms with van der Waals surface area (Å²) in [5, 5.41) is 9.27. The van der Waals surface area contributed by atoms with Crippen molar-refractivity contribution in [3.8, 4) is 22.3 Å². The number of hydrogen-bond donors (Lipinski definition) is 1. The highest BCUT2D eigenvalue weighted by Gasteiger charge is 2.16. The van der Waals surface area contributed by atoms with Crippen LogP contribution in [0.3, 0.4) is 0 Å². The Morgan fingerprint density at radius 1 is 0.919 bits per heavy atom. The molecule has 0 amide bonds. The molecule has 3 aromatic rings. The van der Waals surface area contributed by atoms with Gasteiger partial charge in [0.05, 0.1) is 6.61 Å². The minimum absolute atomic E-state index is 0.101. The van der Waals surface area contributed by atoms with E-state index in [1.54, 1.807) is 13.0 Å². The number of halogens is 1. The number of hydrogen-bond acceptors (Lipinski definition) is 3. The van der Waals surface area contributed by atoms with Crippen molar-refractivity contribution in [2.24, 2.45) is 0 Å². The Bertz CT molecular complexity index is 1220. The van der Waals surface area contributed by atoms with Gasteiger partial charge in [-0.3, -0.25) is 0 Å². The van der Waals surface area contributed by atoms with Gasteiger partial charge in [0.15, 0.2) is 0 Å². The molecule has 0 radical (unpaired) electrons. The van der Waals surface area contributed by atoms with Crippen LogP contribution in [0, 0.1) is 5.82 Å². The van der Waals surface area contributed by atoms with Crippen LogP contribution in [0.4, 0.5) is 4.39 Å². The molecule has 0 aromatic heterocycles. The topological polar surface area (TPSA) is 46.5 Å². The molecule has 37 heavy (non-hydrogen) atoms. The van der Waals surface area contributed by atoms with Crippen molar-refractivity contribution in [2.45, 2.75) is 64.2 Å². The van der Waals surface area contributed by atoms with Gasteiger partial charge in [0.25, 0.3) is 0 Å². The lowest BCUT2D eigenvalue weighted by Crippen LogP contribution is -2.09. The first-order valence-corrected chi connectivity index (χ1v) is 13.4. The molecule has 0 atom stereocenters. The third-order valence-electron chi connectivity index (χ3n) is 7.36. The predicted octanol–water partition coefficient (Wildman–Crippen LogP) is 7.79.